The molecule has 1 saturated heterocycles. The number of likely N-dealkylation sites (N-methyl/N-ethyl adjacent to an activating group) is 1. The predicted octanol–water partition coefficient (Wildman–Crippen LogP) is 0.0987. The zero-order valence-corrected chi connectivity index (χ0v) is 22.7. The monoisotopic (exact) mass is 557 g/mol. The maximum absolute atomic E-state index is 13.9. The third-order valence-electron chi connectivity index (χ3n) is 8.72. The van der Waals surface area contributed by atoms with Crippen LogP contribution in [-0.4, -0.2) is 95.4 Å². The molecular weight excluding hydrogens is 522 g/mol. The molecule has 0 aromatic heterocycles. The highest BCUT2D eigenvalue weighted by molar-refractivity contribution is 6.24. The SMILES string of the molecule is COc1c(CNCC2CCOC2)cc(O)c2c1C[C@H]1C[C@H]3[C@H](N(C)C)C(=O)C(C(N)=O)=C(O)[C@@]3(O)C(=O)C1=C2O. The Labute approximate surface area is 231 Å². The molecule has 12 heteroatoms. The van der Waals surface area contributed by atoms with Crippen LogP contribution in [-0.2, 0) is 32.1 Å². The summed E-state index contributed by atoms with van der Waals surface area (Å²) in [7, 11) is 4.61. The third-order valence-corrected chi connectivity index (χ3v) is 8.72. The quantitative estimate of drug-likeness (QED) is 0.249. The van der Waals surface area contributed by atoms with Crippen LogP contribution in [0.4, 0.5) is 0 Å². The van der Waals surface area contributed by atoms with Crippen LogP contribution in [0, 0.1) is 17.8 Å². The van der Waals surface area contributed by atoms with E-state index in [-0.39, 0.29) is 29.7 Å². The number of carbonyl (C=O) groups excluding carboxylic acids is 3. The fourth-order valence-electron chi connectivity index (χ4n) is 6.90. The molecule has 1 heterocycles. The maximum atomic E-state index is 13.9. The molecular formula is C28H35N3O9. The Hall–Kier alpha value is -3.45. The molecule has 0 radical (unpaired) electrons. The van der Waals surface area contributed by atoms with Gasteiger partial charge in [0.1, 0.15) is 28.6 Å². The van der Waals surface area contributed by atoms with E-state index in [1.165, 1.54) is 18.1 Å². The lowest BCUT2D eigenvalue weighted by atomic mass is 9.57. The number of nitrogens with zero attached hydrogens (tertiary/aromatic N) is 1. The molecule has 1 unspecified atom stereocenters. The molecule has 40 heavy (non-hydrogen) atoms. The molecule has 1 saturated carbocycles. The van der Waals surface area contributed by atoms with Gasteiger partial charge in [-0.3, -0.25) is 19.3 Å². The second kappa shape index (κ2) is 10.2. The number of aromatic hydroxyl groups is 1. The van der Waals surface area contributed by atoms with Crippen molar-refractivity contribution < 1.29 is 44.3 Å². The second-order valence-corrected chi connectivity index (χ2v) is 11.3. The van der Waals surface area contributed by atoms with Gasteiger partial charge in [0.25, 0.3) is 5.91 Å². The molecule has 1 aliphatic heterocycles. The molecule has 3 aliphatic carbocycles. The van der Waals surface area contributed by atoms with E-state index in [0.29, 0.717) is 35.9 Å². The number of nitrogens with two attached hydrogens (primary N) is 1. The number of phenols is 1. The van der Waals surface area contributed by atoms with E-state index in [0.717, 1.165) is 19.6 Å². The number of hydrogen-bond acceptors (Lipinski definition) is 11. The molecule has 2 fully saturated rings. The first-order chi connectivity index (χ1) is 18.9. The molecule has 5 rings (SSSR count). The van der Waals surface area contributed by atoms with Crippen LogP contribution >= 0.6 is 0 Å². The van der Waals surface area contributed by atoms with Gasteiger partial charge >= 0.3 is 0 Å². The van der Waals surface area contributed by atoms with Crippen molar-refractivity contribution in [2.45, 2.75) is 37.5 Å². The third kappa shape index (κ3) is 4.09. The van der Waals surface area contributed by atoms with E-state index in [4.69, 9.17) is 15.2 Å². The van der Waals surface area contributed by atoms with E-state index in [2.05, 4.69) is 5.32 Å². The summed E-state index contributed by atoms with van der Waals surface area (Å²) in [5.74, 6) is -6.00. The Kier molecular flexibility index (Phi) is 7.15. The van der Waals surface area contributed by atoms with Crippen molar-refractivity contribution in [3.63, 3.8) is 0 Å². The largest absolute Gasteiger partial charge is 0.508 e. The summed E-state index contributed by atoms with van der Waals surface area (Å²) in [6, 6.07) is 0.324. The normalized spacial score (nSPS) is 29.9. The van der Waals surface area contributed by atoms with Crippen molar-refractivity contribution in [3.05, 3.63) is 39.7 Å². The smallest absolute Gasteiger partial charge is 0.255 e. The fourth-order valence-corrected chi connectivity index (χ4v) is 6.90. The van der Waals surface area contributed by atoms with Crippen molar-refractivity contribution >= 4 is 23.2 Å². The summed E-state index contributed by atoms with van der Waals surface area (Å²) < 4.78 is 11.2. The number of ether oxygens (including phenoxy) is 2. The first-order valence-corrected chi connectivity index (χ1v) is 13.3. The van der Waals surface area contributed by atoms with E-state index in [1.54, 1.807) is 14.1 Å². The second-order valence-electron chi connectivity index (χ2n) is 11.3. The molecule has 0 spiro atoms. The summed E-state index contributed by atoms with van der Waals surface area (Å²) in [5, 5.41) is 48.3. The number of hydrogen-bond donors (Lipinski definition) is 6. The number of aliphatic hydroxyl groups excluding tert-OH is 2. The standard InChI is InChI=1S/C28H35N3O9/c1-31(2)21-16-7-13-6-15-19(17(32)8-14(24(15)39-3)10-30-9-12-4-5-40-11-12)22(33)18(13)25(35)28(16,38)26(36)20(23(21)34)27(29)37/h8,12-13,16,21,30,32-33,36,38H,4-7,9-11H2,1-3H3,(H2,29,37)/t12?,13-,16-,21-,28-/m0/s1. The number of amides is 1. The van der Waals surface area contributed by atoms with Crippen LogP contribution in [0.3, 0.4) is 0 Å². The first kappa shape index (κ1) is 28.1. The average molecular weight is 558 g/mol. The summed E-state index contributed by atoms with van der Waals surface area (Å²) in [4.78, 5) is 40.7. The minimum atomic E-state index is -2.67. The van der Waals surface area contributed by atoms with Crippen molar-refractivity contribution in [1.82, 2.24) is 10.2 Å². The van der Waals surface area contributed by atoms with Crippen LogP contribution < -0.4 is 15.8 Å². The Bertz CT molecular complexity index is 1340. The van der Waals surface area contributed by atoms with Crippen molar-refractivity contribution in [3.8, 4) is 11.5 Å². The summed E-state index contributed by atoms with van der Waals surface area (Å²) in [5.41, 5.74) is 2.81. The number of rotatable bonds is 7. The number of Topliss-reactive ketones (excluding diaryl/α,β-unsaturated/α-hetero) is 2. The molecule has 4 aliphatic rings. The molecule has 7 N–H and O–H groups in total. The highest BCUT2D eigenvalue weighted by Crippen LogP contribution is 2.54. The van der Waals surface area contributed by atoms with Gasteiger partial charge in [-0.25, -0.2) is 0 Å². The number of carbonyl (C=O) groups is 3. The highest BCUT2D eigenvalue weighted by atomic mass is 16.5. The van der Waals surface area contributed by atoms with Gasteiger partial charge in [0.05, 0.1) is 25.3 Å². The molecule has 12 nitrogen and oxygen atoms in total. The van der Waals surface area contributed by atoms with Gasteiger partial charge in [0.2, 0.25) is 5.78 Å². The van der Waals surface area contributed by atoms with E-state index in [1.807, 2.05) is 0 Å². The number of benzene rings is 1. The molecule has 1 aromatic carbocycles. The zero-order chi connectivity index (χ0) is 29.1. The number of aliphatic hydroxyl groups is 3. The van der Waals surface area contributed by atoms with Crippen LogP contribution in [0.5, 0.6) is 11.5 Å². The summed E-state index contributed by atoms with van der Waals surface area (Å²) in [6.45, 7) is 2.52. The number of primary amides is 1. The van der Waals surface area contributed by atoms with E-state index < -0.39 is 58.0 Å². The van der Waals surface area contributed by atoms with Gasteiger partial charge < -0.3 is 41.0 Å². The lowest BCUT2D eigenvalue weighted by molar-refractivity contribution is -0.153. The van der Waals surface area contributed by atoms with Crippen molar-refractivity contribution in [2.24, 2.45) is 23.5 Å². The molecule has 216 valence electrons. The van der Waals surface area contributed by atoms with E-state index in [9.17, 15) is 34.8 Å². The number of fused-ring (bicyclic) bond motifs is 3. The van der Waals surface area contributed by atoms with Gasteiger partial charge in [-0.1, -0.05) is 0 Å². The Morgan fingerprint density at radius 3 is 2.60 bits per heavy atom. The van der Waals surface area contributed by atoms with Crippen molar-refractivity contribution in [1.29, 1.82) is 0 Å². The van der Waals surface area contributed by atoms with Crippen LogP contribution in [0.15, 0.2) is 23.0 Å². The topological polar surface area (TPSA) is 192 Å². The number of methoxy groups -OCH3 is 1. The molecule has 1 aromatic rings. The Morgan fingerprint density at radius 1 is 1.27 bits per heavy atom. The Balaban J connectivity index is 1.59. The lowest BCUT2D eigenvalue weighted by Crippen LogP contribution is -2.65. The molecule has 0 bridgehead atoms. The van der Waals surface area contributed by atoms with Gasteiger partial charge in [-0.05, 0) is 51.3 Å². The summed E-state index contributed by atoms with van der Waals surface area (Å²) in [6.07, 6.45) is 1.14. The van der Waals surface area contributed by atoms with Crippen LogP contribution in [0.25, 0.3) is 5.76 Å². The molecule has 5 atom stereocenters. The molecule has 1 amide bonds. The van der Waals surface area contributed by atoms with Crippen molar-refractivity contribution in [2.75, 3.05) is 41.0 Å². The van der Waals surface area contributed by atoms with Gasteiger partial charge in [-0.2, -0.15) is 0 Å². The highest BCUT2D eigenvalue weighted by Gasteiger charge is 2.64. The Morgan fingerprint density at radius 2 is 2.00 bits per heavy atom. The van der Waals surface area contributed by atoms with Gasteiger partial charge in [0, 0.05) is 42.3 Å². The number of ketones is 2. The minimum Gasteiger partial charge on any atom is -0.508 e. The number of nitrogens with one attached hydrogen (secondary N) is 1. The van der Waals surface area contributed by atoms with Crippen LogP contribution in [0.1, 0.15) is 29.5 Å². The first-order valence-electron chi connectivity index (χ1n) is 13.3. The minimum absolute atomic E-state index is 0.00100. The summed E-state index contributed by atoms with van der Waals surface area (Å²) >= 11 is 0. The maximum Gasteiger partial charge on any atom is 0.255 e. The van der Waals surface area contributed by atoms with Crippen LogP contribution in [0.2, 0.25) is 0 Å². The van der Waals surface area contributed by atoms with E-state index >= 15 is 0 Å². The average Bonchev–Trinajstić information content (AvgIpc) is 3.39. The number of phenolic OH excluding ortho intramolecular Hbond substituents is 1. The fraction of sp³-hybridized carbons (Fsp3) is 0.536. The lowest BCUT2D eigenvalue weighted by Gasteiger charge is -2.50. The van der Waals surface area contributed by atoms with Gasteiger partial charge in [0.15, 0.2) is 11.4 Å². The zero-order valence-electron chi connectivity index (χ0n) is 22.7. The predicted molar refractivity (Wildman–Crippen MR) is 141 cm³/mol. The van der Waals surface area contributed by atoms with Gasteiger partial charge in [-0.15, -0.1) is 0 Å².